The summed E-state index contributed by atoms with van der Waals surface area (Å²) in [6.07, 6.45) is -6.84. The first-order chi connectivity index (χ1) is 7.54. The Bertz CT molecular complexity index is 200. The molecule has 0 bridgehead atoms. The van der Waals surface area contributed by atoms with Crippen molar-refractivity contribution in [3.8, 4) is 0 Å². The van der Waals surface area contributed by atoms with Crippen molar-refractivity contribution in [2.45, 2.75) is 24.4 Å². The molecule has 0 saturated heterocycles. The Balaban J connectivity index is 0. The third-order valence-corrected chi connectivity index (χ3v) is 1.42. The third-order valence-electron chi connectivity index (χ3n) is 1.42. The highest BCUT2D eigenvalue weighted by molar-refractivity contribution is 5.56. The summed E-state index contributed by atoms with van der Waals surface area (Å²) in [5, 5.41) is 53.6. The molecule has 0 amide bonds. The summed E-state index contributed by atoms with van der Waals surface area (Å²) in [6.45, 7) is -0.760. The minimum Gasteiger partial charge on any atom is -0.633 e. The van der Waals surface area contributed by atoms with E-state index in [0.717, 1.165) is 0 Å². The molecular weight excluding hydrogens is 234 g/mol. The van der Waals surface area contributed by atoms with Gasteiger partial charge < -0.3 is 40.2 Å². The van der Waals surface area contributed by atoms with Crippen LogP contribution in [0.25, 0.3) is 0 Å². The van der Waals surface area contributed by atoms with Gasteiger partial charge in [-0.1, -0.05) is 0 Å². The van der Waals surface area contributed by atoms with Crippen LogP contribution in [0.4, 0.5) is 0 Å². The molecule has 4 unspecified atom stereocenters. The van der Waals surface area contributed by atoms with E-state index in [0.29, 0.717) is 0 Å². The fourth-order valence-corrected chi connectivity index (χ4v) is 0.618. The van der Waals surface area contributed by atoms with Crippen molar-refractivity contribution >= 4 is 6.29 Å². The number of nitrogens with zero attached hydrogens (tertiary/aromatic N) is 1. The maximum atomic E-state index is 10.0. The molecule has 0 radical (unpaired) electrons. The molecule has 5 N–H and O–H groups in total. The first-order valence-electron chi connectivity index (χ1n) is 4.85. The molecule has 0 aromatic rings. The summed E-state index contributed by atoms with van der Waals surface area (Å²) < 4.78 is -0.250. The van der Waals surface area contributed by atoms with Crippen molar-refractivity contribution in [3.63, 3.8) is 0 Å². The molecule has 0 fully saturated rings. The monoisotopic (exact) mass is 255 g/mol. The van der Waals surface area contributed by atoms with Crippen LogP contribution in [-0.2, 0) is 4.79 Å². The maximum Gasteiger partial charge on any atom is 0.151 e. The molecule has 17 heavy (non-hydrogen) atoms. The second-order valence-corrected chi connectivity index (χ2v) is 4.25. The molecule has 104 valence electrons. The summed E-state index contributed by atoms with van der Waals surface area (Å²) in [6, 6.07) is 0. The largest absolute Gasteiger partial charge is 0.633 e. The lowest BCUT2D eigenvalue weighted by atomic mass is 10.0. The van der Waals surface area contributed by atoms with Crippen LogP contribution in [-0.4, -0.2) is 88.6 Å². The van der Waals surface area contributed by atoms with Gasteiger partial charge in [-0.05, 0) is 0 Å². The number of aliphatic hydroxyl groups excluding tert-OH is 5. The SMILES string of the molecule is C[N+](C)(C)[O-].O=CC(O)C(O)C(O)C(O)CO. The van der Waals surface area contributed by atoms with Crippen LogP contribution in [0.2, 0.25) is 0 Å². The average Bonchev–Trinajstić information content (AvgIpc) is 2.22. The van der Waals surface area contributed by atoms with Gasteiger partial charge in [0.25, 0.3) is 0 Å². The standard InChI is InChI=1S/C6H12O6.C3H9NO/c7-1-3(9)5(11)6(12)4(10)2-8;1-4(2,3)5/h1,3-6,8-12H,2H2;1-3H3. The minimum absolute atomic E-state index is 0.0258. The number of hydrogen-bond acceptors (Lipinski definition) is 7. The molecule has 0 aromatic heterocycles. The summed E-state index contributed by atoms with van der Waals surface area (Å²) in [7, 11) is 4.71. The van der Waals surface area contributed by atoms with E-state index < -0.39 is 31.0 Å². The topological polar surface area (TPSA) is 141 Å². The van der Waals surface area contributed by atoms with Crippen LogP contribution in [0.3, 0.4) is 0 Å². The van der Waals surface area contributed by atoms with Crippen LogP contribution >= 0.6 is 0 Å². The van der Waals surface area contributed by atoms with Crippen molar-refractivity contribution in [1.29, 1.82) is 0 Å². The predicted molar refractivity (Wildman–Crippen MR) is 58.6 cm³/mol. The molecule has 0 saturated carbocycles. The average molecular weight is 255 g/mol. The third kappa shape index (κ3) is 11.6. The lowest BCUT2D eigenvalue weighted by molar-refractivity contribution is -0.818. The normalized spacial score (nSPS) is 18.4. The van der Waals surface area contributed by atoms with Gasteiger partial charge in [-0.15, -0.1) is 0 Å². The number of carbonyl (C=O) groups excluding carboxylic acids is 1. The zero-order valence-electron chi connectivity index (χ0n) is 10.1. The molecule has 4 atom stereocenters. The molecule has 0 aliphatic rings. The number of hydrogen-bond donors (Lipinski definition) is 5. The Morgan fingerprint density at radius 1 is 1.12 bits per heavy atom. The van der Waals surface area contributed by atoms with Gasteiger partial charge in [0.05, 0.1) is 27.7 Å². The van der Waals surface area contributed by atoms with E-state index in [9.17, 15) is 10.0 Å². The van der Waals surface area contributed by atoms with E-state index >= 15 is 0 Å². The Morgan fingerprint density at radius 3 is 1.71 bits per heavy atom. The Kier molecular flexibility index (Phi) is 9.35. The fraction of sp³-hybridized carbons (Fsp3) is 0.889. The summed E-state index contributed by atoms with van der Waals surface area (Å²) in [4.78, 5) is 9.90. The van der Waals surface area contributed by atoms with Gasteiger partial charge in [-0.2, -0.15) is 0 Å². The van der Waals surface area contributed by atoms with Crippen molar-refractivity contribution < 1.29 is 35.0 Å². The molecule has 0 rings (SSSR count). The maximum absolute atomic E-state index is 10.0. The Labute approximate surface area is 99.5 Å². The molecule has 0 aliphatic heterocycles. The van der Waals surface area contributed by atoms with Crippen molar-refractivity contribution in [1.82, 2.24) is 0 Å². The number of rotatable bonds is 5. The summed E-state index contributed by atoms with van der Waals surface area (Å²) in [5.74, 6) is 0. The van der Waals surface area contributed by atoms with Gasteiger partial charge in [-0.25, -0.2) is 0 Å². The number of aldehydes is 1. The lowest BCUT2D eigenvalue weighted by Crippen LogP contribution is -2.46. The van der Waals surface area contributed by atoms with E-state index in [1.54, 1.807) is 21.1 Å². The van der Waals surface area contributed by atoms with Gasteiger partial charge in [0, 0.05) is 0 Å². The van der Waals surface area contributed by atoms with Crippen LogP contribution in [0.5, 0.6) is 0 Å². The second-order valence-electron chi connectivity index (χ2n) is 4.25. The summed E-state index contributed by atoms with van der Waals surface area (Å²) >= 11 is 0. The van der Waals surface area contributed by atoms with E-state index in [-0.39, 0.29) is 10.9 Å². The minimum atomic E-state index is -1.79. The molecule has 0 spiro atoms. The smallest absolute Gasteiger partial charge is 0.151 e. The Morgan fingerprint density at radius 2 is 1.47 bits per heavy atom. The van der Waals surface area contributed by atoms with Gasteiger partial charge in [-0.3, -0.25) is 0 Å². The zero-order chi connectivity index (χ0) is 14.2. The molecule has 0 aromatic carbocycles. The van der Waals surface area contributed by atoms with Gasteiger partial charge in [0.15, 0.2) is 6.29 Å². The van der Waals surface area contributed by atoms with E-state index in [1.165, 1.54) is 0 Å². The molecular formula is C9H21NO7. The van der Waals surface area contributed by atoms with Crippen molar-refractivity contribution in [2.75, 3.05) is 27.7 Å². The van der Waals surface area contributed by atoms with Crippen molar-refractivity contribution in [2.24, 2.45) is 0 Å². The van der Waals surface area contributed by atoms with E-state index in [1.807, 2.05) is 0 Å². The zero-order valence-corrected chi connectivity index (χ0v) is 10.1. The number of hydroxylamine groups is 3. The lowest BCUT2D eigenvalue weighted by Gasteiger charge is -2.27. The van der Waals surface area contributed by atoms with Gasteiger partial charge in [0.1, 0.15) is 24.4 Å². The van der Waals surface area contributed by atoms with Crippen LogP contribution in [0.1, 0.15) is 0 Å². The van der Waals surface area contributed by atoms with E-state index in [2.05, 4.69) is 0 Å². The first-order valence-corrected chi connectivity index (χ1v) is 4.85. The highest BCUT2D eigenvalue weighted by atomic mass is 16.5. The second kappa shape index (κ2) is 8.48. The predicted octanol–water partition coefficient (Wildman–Crippen LogP) is -3.19. The van der Waals surface area contributed by atoms with E-state index in [4.69, 9.17) is 25.5 Å². The summed E-state index contributed by atoms with van der Waals surface area (Å²) in [5.41, 5.74) is 0. The van der Waals surface area contributed by atoms with Crippen LogP contribution in [0.15, 0.2) is 0 Å². The number of carbonyl (C=O) groups is 1. The highest BCUT2D eigenvalue weighted by Crippen LogP contribution is 2.02. The fourth-order valence-electron chi connectivity index (χ4n) is 0.618. The van der Waals surface area contributed by atoms with Crippen LogP contribution in [0, 0.1) is 5.21 Å². The van der Waals surface area contributed by atoms with Crippen LogP contribution < -0.4 is 0 Å². The molecule has 8 nitrogen and oxygen atoms in total. The van der Waals surface area contributed by atoms with Gasteiger partial charge >= 0.3 is 0 Å². The number of quaternary nitrogens is 1. The highest BCUT2D eigenvalue weighted by Gasteiger charge is 2.29. The molecule has 0 aliphatic carbocycles. The first kappa shape index (κ1) is 18.7. The molecule has 0 heterocycles. The van der Waals surface area contributed by atoms with Gasteiger partial charge in [0.2, 0.25) is 0 Å². The molecule has 8 heteroatoms. The van der Waals surface area contributed by atoms with Crippen molar-refractivity contribution in [3.05, 3.63) is 5.21 Å². The number of aliphatic hydroxyl groups is 5. The quantitative estimate of drug-likeness (QED) is 0.198. The Hall–Kier alpha value is -0.610.